The molecule has 0 aromatic heterocycles. The maximum Gasteiger partial charge on any atom is 0.333 e. The summed E-state index contributed by atoms with van der Waals surface area (Å²) in [7, 11) is 1.46. The molecule has 1 saturated heterocycles. The van der Waals surface area contributed by atoms with Crippen LogP contribution >= 0.6 is 0 Å². The second-order valence-corrected chi connectivity index (χ2v) is 8.87. The van der Waals surface area contributed by atoms with Gasteiger partial charge in [-0.2, -0.15) is 0 Å². The maximum atomic E-state index is 12.5. The number of nitrogens with zero attached hydrogens (tertiary/aromatic N) is 1. The second-order valence-electron chi connectivity index (χ2n) is 8.87. The Morgan fingerprint density at radius 1 is 0.939 bits per heavy atom. The lowest BCUT2D eigenvalue weighted by atomic mass is 9.76. The van der Waals surface area contributed by atoms with Crippen LogP contribution in [0, 0.1) is 5.92 Å². The van der Waals surface area contributed by atoms with Gasteiger partial charge in [-0.1, -0.05) is 103 Å². The van der Waals surface area contributed by atoms with Crippen LogP contribution in [-0.2, 0) is 15.1 Å². The van der Waals surface area contributed by atoms with Gasteiger partial charge >= 0.3 is 5.97 Å². The van der Waals surface area contributed by atoms with Gasteiger partial charge in [0.2, 0.25) is 0 Å². The lowest BCUT2D eigenvalue weighted by molar-refractivity contribution is -0.136. The minimum absolute atomic E-state index is 0.151. The molecular formula is C30H29NO2. The highest BCUT2D eigenvalue weighted by molar-refractivity contribution is 5.89. The molecule has 33 heavy (non-hydrogen) atoms. The number of hydrogen-bond donors (Lipinski definition) is 0. The summed E-state index contributed by atoms with van der Waals surface area (Å²) in [6.45, 7) is 4.01. The molecule has 1 fully saturated rings. The van der Waals surface area contributed by atoms with Crippen LogP contribution in [-0.4, -0.2) is 30.1 Å². The van der Waals surface area contributed by atoms with Gasteiger partial charge in [-0.15, -0.1) is 6.58 Å². The number of rotatable bonds is 7. The summed E-state index contributed by atoms with van der Waals surface area (Å²) >= 11 is 0. The summed E-state index contributed by atoms with van der Waals surface area (Å²) in [5.74, 6) is 0.0845. The van der Waals surface area contributed by atoms with E-state index in [-0.39, 0.29) is 12.0 Å². The van der Waals surface area contributed by atoms with E-state index in [1.807, 2.05) is 6.08 Å². The summed E-state index contributed by atoms with van der Waals surface area (Å²) < 4.78 is 5.11. The van der Waals surface area contributed by atoms with Crippen molar-refractivity contribution in [3.8, 4) is 0 Å². The molecule has 2 aliphatic rings. The molecule has 0 spiro atoms. The van der Waals surface area contributed by atoms with Crippen molar-refractivity contribution >= 4 is 5.97 Å². The number of carbonyl (C=O) groups excluding carboxylic acids is 1. The molecule has 0 radical (unpaired) electrons. The molecule has 1 unspecified atom stereocenters. The molecular weight excluding hydrogens is 406 g/mol. The zero-order valence-corrected chi connectivity index (χ0v) is 18.9. The van der Waals surface area contributed by atoms with Gasteiger partial charge in [0.1, 0.15) is 0 Å². The standard InChI is InChI=1S/C30H29NO2/c1-3-13-22-20-23(29(32)33-2)21-27-28(22)31(27)30(24-14-7-4-8-15-24,25-16-9-5-10-17-25)26-18-11-6-12-19-26/h3-12,14-19,21-22,27-28H,1,13,20H2,2H3/t22-,27-,28+,31?/m0/s1. The van der Waals surface area contributed by atoms with Crippen LogP contribution in [0.3, 0.4) is 0 Å². The molecule has 0 N–H and O–H groups in total. The van der Waals surface area contributed by atoms with Crippen LogP contribution in [0.1, 0.15) is 29.5 Å². The number of hydrogen-bond acceptors (Lipinski definition) is 3. The first-order valence-electron chi connectivity index (χ1n) is 11.6. The third-order valence-electron chi connectivity index (χ3n) is 7.12. The van der Waals surface area contributed by atoms with Gasteiger partial charge in [0.15, 0.2) is 0 Å². The monoisotopic (exact) mass is 435 g/mol. The minimum atomic E-state index is -0.472. The molecule has 5 rings (SSSR count). The Morgan fingerprint density at radius 2 is 1.42 bits per heavy atom. The zero-order valence-electron chi connectivity index (χ0n) is 18.9. The number of ether oxygens (including phenoxy) is 1. The summed E-state index contributed by atoms with van der Waals surface area (Å²) in [6.07, 6.45) is 5.69. The SMILES string of the molecule is C=CC[C@H]1CC(C(=O)OC)=C[C@H]2[C@@H]1N2C(c1ccccc1)(c1ccccc1)c1ccccc1. The Hall–Kier alpha value is -3.43. The van der Waals surface area contributed by atoms with E-state index in [0.29, 0.717) is 18.4 Å². The van der Waals surface area contributed by atoms with E-state index in [1.165, 1.54) is 23.8 Å². The summed E-state index contributed by atoms with van der Waals surface area (Å²) in [6, 6.07) is 32.6. The highest BCUT2D eigenvalue weighted by atomic mass is 16.5. The average Bonchev–Trinajstić information content (AvgIpc) is 3.61. The molecule has 3 aromatic carbocycles. The van der Waals surface area contributed by atoms with E-state index in [0.717, 1.165) is 12.0 Å². The van der Waals surface area contributed by atoms with E-state index < -0.39 is 5.54 Å². The number of allylic oxidation sites excluding steroid dienone is 1. The Kier molecular flexibility index (Phi) is 5.74. The molecule has 3 aromatic rings. The molecule has 1 heterocycles. The number of carbonyl (C=O) groups is 1. The number of benzene rings is 3. The molecule has 3 nitrogen and oxygen atoms in total. The minimum Gasteiger partial charge on any atom is -0.466 e. The van der Waals surface area contributed by atoms with E-state index in [4.69, 9.17) is 4.74 Å². The number of esters is 1. The van der Waals surface area contributed by atoms with Gasteiger partial charge < -0.3 is 4.74 Å². The fourth-order valence-electron chi connectivity index (χ4n) is 5.78. The Balaban J connectivity index is 1.75. The molecule has 1 aliphatic carbocycles. The van der Waals surface area contributed by atoms with E-state index >= 15 is 0 Å². The van der Waals surface area contributed by atoms with Crippen molar-refractivity contribution in [2.45, 2.75) is 30.5 Å². The van der Waals surface area contributed by atoms with Crippen molar-refractivity contribution in [2.24, 2.45) is 5.92 Å². The van der Waals surface area contributed by atoms with Crippen LogP contribution in [0.15, 0.2) is 115 Å². The fourth-order valence-corrected chi connectivity index (χ4v) is 5.78. The third-order valence-corrected chi connectivity index (χ3v) is 7.12. The highest BCUT2D eigenvalue weighted by Crippen LogP contribution is 2.56. The van der Waals surface area contributed by atoms with Crippen LogP contribution < -0.4 is 0 Å². The van der Waals surface area contributed by atoms with E-state index in [2.05, 4.69) is 109 Å². The molecule has 0 amide bonds. The number of fused-ring (bicyclic) bond motifs is 1. The average molecular weight is 436 g/mol. The van der Waals surface area contributed by atoms with Crippen molar-refractivity contribution in [1.29, 1.82) is 0 Å². The predicted molar refractivity (Wildman–Crippen MR) is 132 cm³/mol. The lowest BCUT2D eigenvalue weighted by Crippen LogP contribution is -2.40. The van der Waals surface area contributed by atoms with Gasteiger partial charge in [0, 0.05) is 17.7 Å². The molecule has 0 bridgehead atoms. The Morgan fingerprint density at radius 3 is 1.85 bits per heavy atom. The second kappa shape index (κ2) is 8.84. The first-order valence-corrected chi connectivity index (χ1v) is 11.6. The topological polar surface area (TPSA) is 29.3 Å². The van der Waals surface area contributed by atoms with Crippen LogP contribution in [0.5, 0.6) is 0 Å². The molecule has 1 aliphatic heterocycles. The van der Waals surface area contributed by atoms with Crippen LogP contribution in [0.25, 0.3) is 0 Å². The molecule has 166 valence electrons. The Bertz CT molecular complexity index is 1060. The molecule has 4 atom stereocenters. The smallest absolute Gasteiger partial charge is 0.333 e. The highest BCUT2D eigenvalue weighted by Gasteiger charge is 2.63. The fraction of sp³-hybridized carbons (Fsp3) is 0.233. The lowest BCUT2D eigenvalue weighted by Gasteiger charge is -2.39. The van der Waals surface area contributed by atoms with Crippen LogP contribution in [0.4, 0.5) is 0 Å². The maximum absolute atomic E-state index is 12.5. The van der Waals surface area contributed by atoms with E-state index in [1.54, 1.807) is 0 Å². The third kappa shape index (κ3) is 3.53. The van der Waals surface area contributed by atoms with Gasteiger partial charge in [-0.25, -0.2) is 4.79 Å². The van der Waals surface area contributed by atoms with Crippen molar-refractivity contribution in [2.75, 3.05) is 7.11 Å². The van der Waals surface area contributed by atoms with Crippen molar-refractivity contribution in [1.82, 2.24) is 4.90 Å². The summed E-state index contributed by atoms with van der Waals surface area (Å²) in [4.78, 5) is 15.1. The predicted octanol–water partition coefficient (Wildman–Crippen LogP) is 5.73. The Labute approximate surface area is 196 Å². The zero-order chi connectivity index (χ0) is 22.8. The van der Waals surface area contributed by atoms with Crippen molar-refractivity contribution < 1.29 is 9.53 Å². The first kappa shape index (κ1) is 21.4. The summed E-state index contributed by atoms with van der Waals surface area (Å²) in [5.41, 5.74) is 3.98. The van der Waals surface area contributed by atoms with Crippen LogP contribution in [0.2, 0.25) is 0 Å². The van der Waals surface area contributed by atoms with Crippen molar-refractivity contribution in [3.05, 3.63) is 132 Å². The normalized spacial score (nSPS) is 23.7. The van der Waals surface area contributed by atoms with Gasteiger partial charge in [0.25, 0.3) is 0 Å². The van der Waals surface area contributed by atoms with Gasteiger partial charge in [0.05, 0.1) is 12.6 Å². The molecule has 3 heteroatoms. The van der Waals surface area contributed by atoms with Crippen molar-refractivity contribution in [3.63, 3.8) is 0 Å². The quantitative estimate of drug-likeness (QED) is 0.206. The number of methoxy groups -OCH3 is 1. The van der Waals surface area contributed by atoms with E-state index in [9.17, 15) is 4.79 Å². The van der Waals surface area contributed by atoms with Gasteiger partial charge in [-0.3, -0.25) is 4.90 Å². The first-order chi connectivity index (χ1) is 16.2. The van der Waals surface area contributed by atoms with Gasteiger partial charge in [-0.05, 0) is 35.4 Å². The molecule has 0 saturated carbocycles. The largest absolute Gasteiger partial charge is 0.466 e. The summed E-state index contributed by atoms with van der Waals surface area (Å²) in [5, 5.41) is 0.